The van der Waals surface area contributed by atoms with E-state index in [0.29, 0.717) is 0 Å². The molecule has 0 aliphatic carbocycles. The summed E-state index contributed by atoms with van der Waals surface area (Å²) in [7, 11) is 0. The van der Waals surface area contributed by atoms with Crippen LogP contribution in [-0.4, -0.2) is 16.2 Å². The van der Waals surface area contributed by atoms with Crippen LogP contribution < -0.4 is 0 Å². The highest BCUT2D eigenvalue weighted by molar-refractivity contribution is 5.96. The maximum absolute atomic E-state index is 13.6. The van der Waals surface area contributed by atoms with Crippen LogP contribution in [0.4, 0.5) is 8.78 Å². The van der Waals surface area contributed by atoms with Crippen LogP contribution in [0.5, 0.6) is 5.75 Å². The molecule has 0 saturated heterocycles. The van der Waals surface area contributed by atoms with Gasteiger partial charge in [0.2, 0.25) is 0 Å². The summed E-state index contributed by atoms with van der Waals surface area (Å²) < 4.78 is 26.7. The van der Waals surface area contributed by atoms with Crippen LogP contribution in [-0.2, 0) is 0 Å². The lowest BCUT2D eigenvalue weighted by Gasteiger charge is -2.08. The van der Waals surface area contributed by atoms with E-state index in [2.05, 4.69) is 0 Å². The molecule has 0 bridgehead atoms. The molecule has 2 aromatic rings. The third-order valence-corrected chi connectivity index (χ3v) is 2.45. The number of rotatable bonds is 2. The molecule has 0 spiro atoms. The molecule has 2 aromatic carbocycles. The molecule has 0 aliphatic heterocycles. The fourth-order valence-corrected chi connectivity index (χ4v) is 1.65. The Hall–Kier alpha value is -2.43. The van der Waals surface area contributed by atoms with Crippen molar-refractivity contribution < 1.29 is 23.8 Å². The van der Waals surface area contributed by atoms with E-state index in [9.17, 15) is 18.7 Å². The van der Waals surface area contributed by atoms with Crippen LogP contribution in [0.2, 0.25) is 0 Å². The van der Waals surface area contributed by atoms with Crippen molar-refractivity contribution in [2.75, 3.05) is 0 Å². The average molecular weight is 250 g/mol. The van der Waals surface area contributed by atoms with Gasteiger partial charge in [-0.3, -0.25) is 0 Å². The highest BCUT2D eigenvalue weighted by Crippen LogP contribution is 2.29. The van der Waals surface area contributed by atoms with E-state index in [1.165, 1.54) is 12.1 Å². The Labute approximate surface area is 101 Å². The summed E-state index contributed by atoms with van der Waals surface area (Å²) in [6.07, 6.45) is 0. The number of halogens is 2. The summed E-state index contributed by atoms with van der Waals surface area (Å²) >= 11 is 0. The van der Waals surface area contributed by atoms with Crippen LogP contribution in [0.1, 0.15) is 10.4 Å². The first-order valence-corrected chi connectivity index (χ1v) is 5.01. The molecule has 2 N–H and O–H groups in total. The van der Waals surface area contributed by atoms with Gasteiger partial charge in [0.05, 0.1) is 5.56 Å². The second-order valence-corrected chi connectivity index (χ2v) is 3.66. The van der Waals surface area contributed by atoms with Crippen molar-refractivity contribution in [2.24, 2.45) is 0 Å². The Morgan fingerprint density at radius 1 is 1.00 bits per heavy atom. The quantitative estimate of drug-likeness (QED) is 0.861. The molecule has 18 heavy (non-hydrogen) atoms. The standard InChI is InChI=1S/C13H8F2O3/c14-7-1-4-12(15)10(5-7)9-3-2-8(16)6-11(9)13(17)18/h1-6,16H,(H,17,18). The van der Waals surface area contributed by atoms with Gasteiger partial charge < -0.3 is 10.2 Å². The number of carbonyl (C=O) groups is 1. The zero-order valence-electron chi connectivity index (χ0n) is 9.02. The average Bonchev–Trinajstić information content (AvgIpc) is 2.32. The van der Waals surface area contributed by atoms with Crippen LogP contribution >= 0.6 is 0 Å². The largest absolute Gasteiger partial charge is 0.508 e. The molecule has 2 rings (SSSR count). The van der Waals surface area contributed by atoms with Crippen LogP contribution in [0.3, 0.4) is 0 Å². The van der Waals surface area contributed by atoms with Gasteiger partial charge in [-0.05, 0) is 42.0 Å². The number of phenolic OH excluding ortho intramolecular Hbond substituents is 1. The minimum atomic E-state index is -1.33. The molecule has 0 amide bonds. The maximum Gasteiger partial charge on any atom is 0.336 e. The Morgan fingerprint density at radius 2 is 1.72 bits per heavy atom. The first kappa shape index (κ1) is 12.0. The van der Waals surface area contributed by atoms with Crippen molar-refractivity contribution in [1.29, 1.82) is 0 Å². The number of aromatic hydroxyl groups is 1. The molecule has 0 aromatic heterocycles. The van der Waals surface area contributed by atoms with E-state index >= 15 is 0 Å². The molecule has 0 fully saturated rings. The van der Waals surface area contributed by atoms with Crippen molar-refractivity contribution >= 4 is 5.97 Å². The molecule has 5 heteroatoms. The Kier molecular flexibility index (Phi) is 2.97. The number of hydrogen-bond donors (Lipinski definition) is 2. The van der Waals surface area contributed by atoms with Crippen molar-refractivity contribution in [1.82, 2.24) is 0 Å². The van der Waals surface area contributed by atoms with Gasteiger partial charge in [-0.15, -0.1) is 0 Å². The first-order chi connectivity index (χ1) is 8.49. The lowest BCUT2D eigenvalue weighted by atomic mass is 9.99. The second-order valence-electron chi connectivity index (χ2n) is 3.66. The predicted octanol–water partition coefficient (Wildman–Crippen LogP) is 3.04. The van der Waals surface area contributed by atoms with Crippen molar-refractivity contribution in [2.45, 2.75) is 0 Å². The SMILES string of the molecule is O=C(O)c1cc(O)ccc1-c1cc(F)ccc1F. The molecule has 0 atom stereocenters. The highest BCUT2D eigenvalue weighted by atomic mass is 19.1. The third kappa shape index (κ3) is 2.15. The minimum absolute atomic E-state index is 0.0114. The monoisotopic (exact) mass is 250 g/mol. The molecular weight excluding hydrogens is 242 g/mol. The van der Waals surface area contributed by atoms with Gasteiger partial charge in [0.25, 0.3) is 0 Å². The van der Waals surface area contributed by atoms with E-state index in [1.807, 2.05) is 0 Å². The van der Waals surface area contributed by atoms with E-state index in [1.54, 1.807) is 0 Å². The summed E-state index contributed by atoms with van der Waals surface area (Å²) in [5, 5.41) is 18.2. The summed E-state index contributed by atoms with van der Waals surface area (Å²) in [5.41, 5.74) is -0.441. The predicted molar refractivity (Wildman–Crippen MR) is 60.4 cm³/mol. The third-order valence-electron chi connectivity index (χ3n) is 2.45. The number of phenols is 1. The molecule has 92 valence electrons. The van der Waals surface area contributed by atoms with Crippen LogP contribution in [0.15, 0.2) is 36.4 Å². The first-order valence-electron chi connectivity index (χ1n) is 5.01. The lowest BCUT2D eigenvalue weighted by molar-refractivity contribution is 0.0697. The highest BCUT2D eigenvalue weighted by Gasteiger charge is 2.16. The van der Waals surface area contributed by atoms with E-state index in [0.717, 1.165) is 24.3 Å². The molecular formula is C13H8F2O3. The Balaban J connectivity index is 2.70. The molecule has 0 radical (unpaired) electrons. The normalized spacial score (nSPS) is 10.3. The fraction of sp³-hybridized carbons (Fsp3) is 0. The number of aromatic carboxylic acids is 1. The van der Waals surface area contributed by atoms with Gasteiger partial charge in [-0.2, -0.15) is 0 Å². The van der Waals surface area contributed by atoms with Gasteiger partial charge in [0.15, 0.2) is 0 Å². The fourth-order valence-electron chi connectivity index (χ4n) is 1.65. The molecule has 0 aliphatic rings. The topological polar surface area (TPSA) is 57.5 Å². The van der Waals surface area contributed by atoms with E-state index in [4.69, 9.17) is 5.11 Å². The van der Waals surface area contributed by atoms with E-state index in [-0.39, 0.29) is 22.4 Å². The minimum Gasteiger partial charge on any atom is -0.508 e. The summed E-state index contributed by atoms with van der Waals surface area (Å²) in [6, 6.07) is 6.21. The van der Waals surface area contributed by atoms with Gasteiger partial charge >= 0.3 is 5.97 Å². The number of carboxylic acid groups (broad SMARTS) is 1. The molecule has 3 nitrogen and oxygen atoms in total. The van der Waals surface area contributed by atoms with Gasteiger partial charge in [-0.25, -0.2) is 13.6 Å². The number of carboxylic acids is 1. The van der Waals surface area contributed by atoms with Crippen LogP contribution in [0, 0.1) is 11.6 Å². The zero-order chi connectivity index (χ0) is 13.3. The van der Waals surface area contributed by atoms with E-state index < -0.39 is 17.6 Å². The summed E-state index contributed by atoms with van der Waals surface area (Å²) in [4.78, 5) is 11.0. The maximum atomic E-state index is 13.6. The van der Waals surface area contributed by atoms with Crippen molar-refractivity contribution in [3.05, 3.63) is 53.6 Å². The molecule has 0 heterocycles. The van der Waals surface area contributed by atoms with Gasteiger partial charge in [-0.1, -0.05) is 0 Å². The van der Waals surface area contributed by atoms with Gasteiger partial charge in [0.1, 0.15) is 17.4 Å². The zero-order valence-corrected chi connectivity index (χ0v) is 9.02. The molecule has 0 saturated carbocycles. The summed E-state index contributed by atoms with van der Waals surface area (Å²) in [6.45, 7) is 0. The van der Waals surface area contributed by atoms with Gasteiger partial charge in [0, 0.05) is 5.56 Å². The number of hydrogen-bond acceptors (Lipinski definition) is 2. The molecule has 0 unspecified atom stereocenters. The summed E-state index contributed by atoms with van der Waals surface area (Å²) in [5.74, 6) is -2.99. The van der Waals surface area contributed by atoms with Crippen molar-refractivity contribution in [3.63, 3.8) is 0 Å². The van der Waals surface area contributed by atoms with Crippen molar-refractivity contribution in [3.8, 4) is 16.9 Å². The smallest absolute Gasteiger partial charge is 0.336 e. The van der Waals surface area contributed by atoms with Crippen LogP contribution in [0.25, 0.3) is 11.1 Å². The number of benzene rings is 2. The Morgan fingerprint density at radius 3 is 2.39 bits per heavy atom. The second kappa shape index (κ2) is 4.44. The lowest BCUT2D eigenvalue weighted by Crippen LogP contribution is -2.00. The Bertz CT molecular complexity index is 624.